The molecule has 1 fully saturated rings. The van der Waals surface area contributed by atoms with Gasteiger partial charge in [-0.05, 0) is 37.5 Å². The van der Waals surface area contributed by atoms with Gasteiger partial charge in [0.05, 0.1) is 0 Å². The first-order valence-electron chi connectivity index (χ1n) is 5.30. The molecule has 82 valence electrons. The molecular weight excluding hydrogens is 229 g/mol. The summed E-state index contributed by atoms with van der Waals surface area (Å²) in [5.74, 6) is 0. The van der Waals surface area contributed by atoms with Crippen LogP contribution in [0.4, 0.5) is 0 Å². The number of piperidine rings is 1. The van der Waals surface area contributed by atoms with Crippen molar-refractivity contribution < 1.29 is 0 Å². The van der Waals surface area contributed by atoms with Gasteiger partial charge in [0, 0.05) is 22.5 Å². The van der Waals surface area contributed by atoms with Crippen molar-refractivity contribution in [2.45, 2.75) is 37.2 Å². The first kappa shape index (κ1) is 11.3. The summed E-state index contributed by atoms with van der Waals surface area (Å²) in [6.45, 7) is 2.17. The maximum absolute atomic E-state index is 6.22. The minimum Gasteiger partial charge on any atom is -0.307 e. The third-order valence-corrected chi connectivity index (χ3v) is 3.43. The topological polar surface area (TPSA) is 12.0 Å². The lowest BCUT2D eigenvalue weighted by atomic mass is 9.94. The van der Waals surface area contributed by atoms with Crippen LogP contribution in [0.25, 0.3) is 0 Å². The van der Waals surface area contributed by atoms with Crippen molar-refractivity contribution in [2.75, 3.05) is 0 Å². The Bertz CT molecular complexity index is 330. The second-order valence-electron chi connectivity index (χ2n) is 4.24. The third kappa shape index (κ3) is 2.87. The molecule has 0 amide bonds. The molecule has 1 nitrogen and oxygen atoms in total. The van der Waals surface area contributed by atoms with E-state index in [2.05, 4.69) is 18.3 Å². The van der Waals surface area contributed by atoms with Crippen molar-refractivity contribution in [3.05, 3.63) is 34.9 Å². The standard InChI is InChI=1S/C12H15Cl2N/c1-8-5-11(14)7-12(15-8)9-3-2-4-10(13)6-9/h2-4,6,8,11-12,15H,5,7H2,1H3. The molecule has 1 aliphatic rings. The van der Waals surface area contributed by atoms with Crippen LogP contribution in [0.3, 0.4) is 0 Å². The van der Waals surface area contributed by atoms with Gasteiger partial charge in [0.1, 0.15) is 0 Å². The second kappa shape index (κ2) is 4.73. The van der Waals surface area contributed by atoms with E-state index in [0.29, 0.717) is 12.1 Å². The minimum absolute atomic E-state index is 0.269. The van der Waals surface area contributed by atoms with Crippen LogP contribution < -0.4 is 5.32 Å². The van der Waals surface area contributed by atoms with Crippen LogP contribution in [0.15, 0.2) is 24.3 Å². The maximum atomic E-state index is 6.22. The van der Waals surface area contributed by atoms with Gasteiger partial charge in [0.15, 0.2) is 0 Å². The summed E-state index contributed by atoms with van der Waals surface area (Å²) < 4.78 is 0. The number of benzene rings is 1. The summed E-state index contributed by atoms with van der Waals surface area (Å²) >= 11 is 12.2. The Labute approximate surface area is 101 Å². The van der Waals surface area contributed by atoms with Crippen LogP contribution in [0.1, 0.15) is 31.4 Å². The Hall–Kier alpha value is -0.240. The van der Waals surface area contributed by atoms with E-state index >= 15 is 0 Å². The lowest BCUT2D eigenvalue weighted by molar-refractivity contribution is 0.346. The number of halogens is 2. The molecule has 2 rings (SSSR count). The molecule has 3 unspecified atom stereocenters. The molecule has 15 heavy (non-hydrogen) atoms. The number of rotatable bonds is 1. The van der Waals surface area contributed by atoms with Gasteiger partial charge in [-0.3, -0.25) is 0 Å². The molecule has 0 saturated carbocycles. The molecule has 0 bridgehead atoms. The van der Waals surface area contributed by atoms with Crippen LogP contribution in [0, 0.1) is 0 Å². The zero-order valence-electron chi connectivity index (χ0n) is 8.71. The average Bonchev–Trinajstić information content (AvgIpc) is 2.16. The summed E-state index contributed by atoms with van der Waals surface area (Å²) in [5, 5.41) is 4.61. The van der Waals surface area contributed by atoms with Crippen molar-refractivity contribution >= 4 is 23.2 Å². The number of hydrogen-bond donors (Lipinski definition) is 1. The molecule has 1 aliphatic heterocycles. The lowest BCUT2D eigenvalue weighted by Gasteiger charge is -2.32. The zero-order chi connectivity index (χ0) is 10.8. The molecule has 0 aromatic heterocycles. The first-order valence-corrected chi connectivity index (χ1v) is 6.12. The monoisotopic (exact) mass is 243 g/mol. The van der Waals surface area contributed by atoms with Gasteiger partial charge in [-0.1, -0.05) is 23.7 Å². The quantitative estimate of drug-likeness (QED) is 0.741. The summed E-state index contributed by atoms with van der Waals surface area (Å²) in [4.78, 5) is 0. The summed E-state index contributed by atoms with van der Waals surface area (Å²) in [6.07, 6.45) is 2.02. The molecule has 1 heterocycles. The van der Waals surface area contributed by atoms with E-state index in [9.17, 15) is 0 Å². The highest BCUT2D eigenvalue weighted by Crippen LogP contribution is 2.29. The maximum Gasteiger partial charge on any atom is 0.0409 e. The Morgan fingerprint density at radius 3 is 2.80 bits per heavy atom. The Balaban J connectivity index is 2.16. The molecule has 1 N–H and O–H groups in total. The Kier molecular flexibility index (Phi) is 3.55. The van der Waals surface area contributed by atoms with Crippen molar-refractivity contribution in [1.29, 1.82) is 0 Å². The highest BCUT2D eigenvalue weighted by molar-refractivity contribution is 6.30. The fourth-order valence-corrected chi connectivity index (χ4v) is 2.81. The summed E-state index contributed by atoms with van der Waals surface area (Å²) in [6, 6.07) is 8.82. The molecule has 3 heteroatoms. The first-order chi connectivity index (χ1) is 7.15. The number of hydrogen-bond acceptors (Lipinski definition) is 1. The molecule has 0 spiro atoms. The average molecular weight is 244 g/mol. The molecular formula is C12H15Cl2N. The van der Waals surface area contributed by atoms with Crippen LogP contribution in [0.2, 0.25) is 5.02 Å². The molecule has 1 aromatic carbocycles. The van der Waals surface area contributed by atoms with Gasteiger partial charge in [-0.15, -0.1) is 11.6 Å². The van der Waals surface area contributed by atoms with Gasteiger partial charge < -0.3 is 5.32 Å². The van der Waals surface area contributed by atoms with E-state index in [-0.39, 0.29) is 5.38 Å². The largest absolute Gasteiger partial charge is 0.307 e. The van der Waals surface area contributed by atoms with Crippen LogP contribution in [-0.4, -0.2) is 11.4 Å². The lowest BCUT2D eigenvalue weighted by Crippen LogP contribution is -2.39. The van der Waals surface area contributed by atoms with E-state index in [1.165, 1.54) is 5.56 Å². The van der Waals surface area contributed by atoms with E-state index in [1.807, 2.05) is 18.2 Å². The molecule has 0 radical (unpaired) electrons. The van der Waals surface area contributed by atoms with Crippen LogP contribution >= 0.6 is 23.2 Å². The van der Waals surface area contributed by atoms with Crippen molar-refractivity contribution in [3.8, 4) is 0 Å². The fourth-order valence-electron chi connectivity index (χ4n) is 2.17. The van der Waals surface area contributed by atoms with E-state index in [1.54, 1.807) is 0 Å². The van der Waals surface area contributed by atoms with E-state index < -0.39 is 0 Å². The van der Waals surface area contributed by atoms with Gasteiger partial charge in [0.25, 0.3) is 0 Å². The summed E-state index contributed by atoms with van der Waals surface area (Å²) in [5.41, 5.74) is 1.24. The van der Waals surface area contributed by atoms with E-state index in [0.717, 1.165) is 17.9 Å². The SMILES string of the molecule is CC1CC(Cl)CC(c2cccc(Cl)c2)N1. The smallest absolute Gasteiger partial charge is 0.0409 e. The molecule has 1 aromatic rings. The van der Waals surface area contributed by atoms with Crippen molar-refractivity contribution in [2.24, 2.45) is 0 Å². The third-order valence-electron chi connectivity index (χ3n) is 2.84. The van der Waals surface area contributed by atoms with Crippen LogP contribution in [-0.2, 0) is 0 Å². The van der Waals surface area contributed by atoms with Crippen molar-refractivity contribution in [1.82, 2.24) is 5.32 Å². The van der Waals surface area contributed by atoms with E-state index in [4.69, 9.17) is 23.2 Å². The predicted octanol–water partition coefficient (Wildman–Crippen LogP) is 3.76. The number of nitrogens with one attached hydrogen (secondary N) is 1. The zero-order valence-corrected chi connectivity index (χ0v) is 10.2. The van der Waals surface area contributed by atoms with Gasteiger partial charge in [-0.25, -0.2) is 0 Å². The Morgan fingerprint density at radius 1 is 1.33 bits per heavy atom. The molecule has 1 saturated heterocycles. The Morgan fingerprint density at radius 2 is 2.13 bits per heavy atom. The highest BCUT2D eigenvalue weighted by atomic mass is 35.5. The molecule has 0 aliphatic carbocycles. The fraction of sp³-hybridized carbons (Fsp3) is 0.500. The molecule has 3 atom stereocenters. The highest BCUT2D eigenvalue weighted by Gasteiger charge is 2.25. The second-order valence-corrected chi connectivity index (χ2v) is 5.30. The van der Waals surface area contributed by atoms with Gasteiger partial charge >= 0.3 is 0 Å². The predicted molar refractivity (Wildman–Crippen MR) is 65.7 cm³/mol. The normalized spacial score (nSPS) is 31.5. The van der Waals surface area contributed by atoms with Gasteiger partial charge in [-0.2, -0.15) is 0 Å². The van der Waals surface area contributed by atoms with Crippen molar-refractivity contribution in [3.63, 3.8) is 0 Å². The minimum atomic E-state index is 0.269. The van der Waals surface area contributed by atoms with Crippen LogP contribution in [0.5, 0.6) is 0 Å². The van der Waals surface area contributed by atoms with Gasteiger partial charge in [0.2, 0.25) is 0 Å². The number of alkyl halides is 1. The summed E-state index contributed by atoms with van der Waals surface area (Å²) in [7, 11) is 0.